The van der Waals surface area contributed by atoms with Gasteiger partial charge in [0.05, 0.1) is 0 Å². The standard InChI is InChI=1S/C79H69P.Os/c1-10-22-53-32-39-65-67-41-35-58(48-73(67)77(4,5)71(65)45-53)60-37-43-69-70-44-38-61(51-76(70)79(8,9)75(69)50-60)59-36-42-68-66-40-33-54(46-72(66)78(6,7)74(68)49-59)31-34-56(47-57-24-21-23-55(57)11-2)52(3)80(62-25-15-12-16-26-62,63-27-17-13-18-28-63)64-29-19-14-20-30-64;/h10-20,22,25-51H,21,23-24H2,1-2,4-9H3;/q+1;/b22-10+,34-31+,55-11?,56-52?,57-47?;. The minimum atomic E-state index is -2.43. The Bertz CT molecular complexity index is 4130. The summed E-state index contributed by atoms with van der Waals surface area (Å²) >= 11 is 1.86. The van der Waals surface area contributed by atoms with E-state index in [1.807, 2.05) is 17.9 Å². The van der Waals surface area contributed by atoms with E-state index in [9.17, 15) is 0 Å². The van der Waals surface area contributed by atoms with Gasteiger partial charge in [0.2, 0.25) is 0 Å². The van der Waals surface area contributed by atoms with E-state index in [1.54, 1.807) is 0 Å². The topological polar surface area (TPSA) is 0 Å². The van der Waals surface area contributed by atoms with E-state index in [0.29, 0.717) is 0 Å². The van der Waals surface area contributed by atoms with E-state index in [0.717, 1.165) is 12.8 Å². The van der Waals surface area contributed by atoms with Gasteiger partial charge in [-0.05, 0) is 91.9 Å². The number of rotatable bonds is 10. The summed E-state index contributed by atoms with van der Waals surface area (Å²) < 4.78 is 3.95. The molecule has 1 fully saturated rings. The fraction of sp³-hybridized carbons (Fsp3) is 0.177. The Morgan fingerprint density at radius 2 is 0.765 bits per heavy atom. The molecule has 0 spiro atoms. The zero-order valence-electron chi connectivity index (χ0n) is 47.9. The minimum absolute atomic E-state index is 0.0783. The number of allylic oxidation sites excluding steroid dienone is 8. The number of hydrogen-bond acceptors (Lipinski definition) is 0. The number of benzene rings is 9. The molecule has 4 aliphatic carbocycles. The molecular formula is C79H69OsP+. The third kappa shape index (κ3) is 8.62. The summed E-state index contributed by atoms with van der Waals surface area (Å²) in [5.74, 6) is 0. The zero-order chi connectivity index (χ0) is 55.8. The van der Waals surface area contributed by atoms with Crippen molar-refractivity contribution < 1.29 is 17.9 Å². The maximum absolute atomic E-state index is 3.95. The summed E-state index contributed by atoms with van der Waals surface area (Å²) in [5, 5.41) is 5.27. The average molecular weight is 1240 g/mol. The Labute approximate surface area is 491 Å². The molecule has 0 amide bonds. The van der Waals surface area contributed by atoms with Crippen LogP contribution < -0.4 is 15.9 Å². The summed E-state index contributed by atoms with van der Waals surface area (Å²) in [6.45, 7) is 18.7. The number of hydrogen-bond donors (Lipinski definition) is 0. The molecule has 0 saturated heterocycles. The van der Waals surface area contributed by atoms with Gasteiger partial charge >= 0.3 is 298 Å². The molecule has 0 heterocycles. The predicted molar refractivity (Wildman–Crippen MR) is 346 cm³/mol. The van der Waals surface area contributed by atoms with Gasteiger partial charge in [-0.25, -0.2) is 0 Å². The van der Waals surface area contributed by atoms with Crippen LogP contribution in [-0.4, -0.2) is 0 Å². The van der Waals surface area contributed by atoms with Crippen molar-refractivity contribution in [3.63, 3.8) is 0 Å². The molecule has 4 aliphatic rings. The normalized spacial score (nSPS) is 17.2. The first-order chi connectivity index (χ1) is 39.3. The molecule has 9 aromatic carbocycles. The van der Waals surface area contributed by atoms with Crippen LogP contribution in [0.3, 0.4) is 0 Å². The predicted octanol–water partition coefficient (Wildman–Crippen LogP) is 19.8. The molecule has 0 aromatic heterocycles. The third-order valence-electron chi connectivity index (χ3n) is 18.7. The van der Waals surface area contributed by atoms with Crippen LogP contribution in [-0.2, 0) is 34.2 Å². The summed E-state index contributed by atoms with van der Waals surface area (Å²) in [4.78, 5) is 0. The van der Waals surface area contributed by atoms with Gasteiger partial charge in [0.15, 0.2) is 0 Å². The fourth-order valence-corrected chi connectivity index (χ4v) is 20.1. The molecule has 0 unspecified atom stereocenters. The molecule has 0 atom stereocenters. The van der Waals surface area contributed by atoms with Crippen molar-refractivity contribution >= 4 is 35.3 Å². The monoisotopic (exact) mass is 1240 g/mol. The van der Waals surface area contributed by atoms with Crippen molar-refractivity contribution in [2.24, 2.45) is 0 Å². The van der Waals surface area contributed by atoms with Crippen molar-refractivity contribution in [3.05, 3.63) is 291 Å². The molecule has 13 rings (SSSR count). The van der Waals surface area contributed by atoms with E-state index < -0.39 is 7.26 Å². The molecular weight excluding hydrogens is 1170 g/mol. The van der Waals surface area contributed by atoms with E-state index in [2.05, 4.69) is 296 Å². The van der Waals surface area contributed by atoms with E-state index >= 15 is 0 Å². The summed E-state index contributed by atoms with van der Waals surface area (Å²) in [6, 6.07) is 76.7. The van der Waals surface area contributed by atoms with Crippen LogP contribution in [0.5, 0.6) is 0 Å². The van der Waals surface area contributed by atoms with E-state index in [4.69, 9.17) is 0 Å². The molecule has 0 aliphatic heterocycles. The molecule has 0 radical (unpaired) electrons. The van der Waals surface area contributed by atoms with E-state index in [-0.39, 0.29) is 16.2 Å². The first-order valence-corrected chi connectivity index (χ1v) is 32.1. The van der Waals surface area contributed by atoms with Crippen molar-refractivity contribution in [2.75, 3.05) is 0 Å². The van der Waals surface area contributed by atoms with Gasteiger partial charge < -0.3 is 0 Å². The van der Waals surface area contributed by atoms with Gasteiger partial charge in [-0.1, -0.05) is 94.4 Å². The second-order valence-corrected chi connectivity index (χ2v) is 28.2. The molecule has 0 N–H and O–H groups in total. The Kier molecular flexibility index (Phi) is 13.4. The Hall–Kier alpha value is -7.47. The van der Waals surface area contributed by atoms with Gasteiger partial charge in [-0.2, -0.15) is 0 Å². The average Bonchev–Trinajstić information content (AvgIpc) is 4.28. The molecule has 0 nitrogen and oxygen atoms in total. The molecule has 1 saturated carbocycles. The van der Waals surface area contributed by atoms with Gasteiger partial charge in [-0.15, -0.1) is 0 Å². The van der Waals surface area contributed by atoms with Crippen LogP contribution in [0.25, 0.3) is 67.8 Å². The van der Waals surface area contributed by atoms with Crippen LogP contribution in [0.1, 0.15) is 119 Å². The van der Waals surface area contributed by atoms with Gasteiger partial charge in [-0.3, -0.25) is 0 Å². The van der Waals surface area contributed by atoms with E-state index in [1.165, 1.54) is 145 Å². The Balaban J connectivity index is 0.833. The van der Waals surface area contributed by atoms with Crippen molar-refractivity contribution in [2.45, 2.75) is 90.9 Å². The first kappa shape index (κ1) is 52.9. The van der Waals surface area contributed by atoms with Crippen LogP contribution in [0.2, 0.25) is 0 Å². The van der Waals surface area contributed by atoms with Crippen LogP contribution in [0, 0.1) is 4.37 Å². The molecule has 81 heavy (non-hydrogen) atoms. The molecule has 9 aromatic rings. The van der Waals surface area contributed by atoms with Gasteiger partial charge in [0.25, 0.3) is 0 Å². The summed E-state index contributed by atoms with van der Waals surface area (Å²) in [6.07, 6.45) is 17.3. The third-order valence-corrected chi connectivity index (χ3v) is 24.1. The first-order valence-electron chi connectivity index (χ1n) is 29.0. The maximum atomic E-state index is 3.95. The second-order valence-electron chi connectivity index (χ2n) is 24.3. The van der Waals surface area contributed by atoms with Gasteiger partial charge in [0, 0.05) is 10.8 Å². The molecule has 2 heteroatoms. The van der Waals surface area contributed by atoms with Gasteiger partial charge in [0.1, 0.15) is 0 Å². The SMILES string of the molecule is CC=C1CCCC1=CC(/C=C/c1ccc2c(c1)C(C)(C)c1cc(-c3ccc4c(c3)C(C)(C)c3cc(-c5ccc6c(c5)C(C)(C)c5cc(/C=C/C)ccc5-6)ccc3-4)ccc1-2)=C([C]#[Os])[P+](c1ccccc1)(c1ccccc1)c1ccccc1. The number of fused-ring (bicyclic) bond motifs is 9. The van der Waals surface area contributed by atoms with Crippen LogP contribution >= 0.6 is 7.26 Å². The Morgan fingerprint density at radius 1 is 0.420 bits per heavy atom. The summed E-state index contributed by atoms with van der Waals surface area (Å²) in [7, 11) is -2.43. The molecule has 397 valence electrons. The molecule has 0 bridgehead atoms. The Morgan fingerprint density at radius 3 is 1.12 bits per heavy atom. The van der Waals surface area contributed by atoms with Crippen LogP contribution in [0.4, 0.5) is 0 Å². The van der Waals surface area contributed by atoms with Crippen molar-refractivity contribution in [1.29, 1.82) is 0 Å². The fourth-order valence-electron chi connectivity index (χ4n) is 14.3. The van der Waals surface area contributed by atoms with Crippen molar-refractivity contribution in [3.8, 4) is 60.0 Å². The van der Waals surface area contributed by atoms with Crippen LogP contribution in [0.15, 0.2) is 247 Å². The quantitative estimate of drug-likeness (QED) is 0.0946. The second kappa shape index (κ2) is 20.5. The van der Waals surface area contributed by atoms with Crippen molar-refractivity contribution in [1.82, 2.24) is 0 Å². The zero-order valence-corrected chi connectivity index (χ0v) is 51.4. The summed E-state index contributed by atoms with van der Waals surface area (Å²) in [5.41, 5.74) is 27.7.